The fraction of sp³-hybridized carbons (Fsp3) is 0.400. The lowest BCUT2D eigenvalue weighted by Crippen LogP contribution is -2.46. The van der Waals surface area contributed by atoms with E-state index < -0.39 is 6.04 Å². The summed E-state index contributed by atoms with van der Waals surface area (Å²) in [6.45, 7) is 5.33. The number of nitriles is 1. The Kier molecular flexibility index (Phi) is 5.88. The van der Waals surface area contributed by atoms with Crippen LogP contribution in [0.3, 0.4) is 0 Å². The molecule has 21 heavy (non-hydrogen) atoms. The molecule has 0 aromatic heterocycles. The molecule has 0 unspecified atom stereocenters. The number of aryl methyl sites for hydroxylation is 1. The largest absolute Gasteiger partial charge is 0.346 e. The van der Waals surface area contributed by atoms with Crippen LogP contribution in [0.15, 0.2) is 18.2 Å². The third-order valence-electron chi connectivity index (χ3n) is 3.08. The summed E-state index contributed by atoms with van der Waals surface area (Å²) in [6.07, 6.45) is 0. The van der Waals surface area contributed by atoms with Gasteiger partial charge in [-0.05, 0) is 30.5 Å². The zero-order chi connectivity index (χ0) is 16.0. The summed E-state index contributed by atoms with van der Waals surface area (Å²) in [4.78, 5) is 23.5. The number of rotatable bonds is 5. The number of nitrogens with zero attached hydrogens (tertiary/aromatic N) is 1. The van der Waals surface area contributed by atoms with Gasteiger partial charge in [-0.15, -0.1) is 0 Å². The van der Waals surface area contributed by atoms with Crippen molar-refractivity contribution in [3.8, 4) is 6.07 Å². The van der Waals surface area contributed by atoms with Crippen LogP contribution in [0.5, 0.6) is 0 Å². The molecule has 6 heteroatoms. The van der Waals surface area contributed by atoms with Crippen molar-refractivity contribution in [2.24, 2.45) is 11.7 Å². The number of carbonyl (C=O) groups excluding carboxylic acids is 2. The van der Waals surface area contributed by atoms with E-state index in [0.717, 1.165) is 5.56 Å². The predicted octanol–water partition coefficient (Wildman–Crippen LogP) is 0.905. The predicted molar refractivity (Wildman–Crippen MR) is 80.3 cm³/mol. The summed E-state index contributed by atoms with van der Waals surface area (Å²) >= 11 is 0. The van der Waals surface area contributed by atoms with Crippen LogP contribution in [-0.2, 0) is 9.59 Å². The molecule has 112 valence electrons. The molecule has 0 saturated heterocycles. The molecule has 6 nitrogen and oxygen atoms in total. The minimum atomic E-state index is -0.638. The number of anilines is 1. The highest BCUT2D eigenvalue weighted by Crippen LogP contribution is 2.16. The van der Waals surface area contributed by atoms with Crippen LogP contribution in [0.25, 0.3) is 0 Å². The standard InChI is InChI=1S/C15H20N4O2/c1-9(2)14(17)15(21)18-8-13(20)19-12-6-11(7-16)5-4-10(12)3/h4-6,9,14H,8,17H2,1-3H3,(H,18,21)(H,19,20)/t14-/m0/s1. The first kappa shape index (κ1) is 16.7. The van der Waals surface area contributed by atoms with Crippen molar-refractivity contribution in [1.29, 1.82) is 5.26 Å². The molecule has 0 aliphatic rings. The second-order valence-electron chi connectivity index (χ2n) is 5.18. The minimum absolute atomic E-state index is 0.00242. The molecule has 0 bridgehead atoms. The molecular weight excluding hydrogens is 268 g/mol. The number of hydrogen-bond donors (Lipinski definition) is 3. The van der Waals surface area contributed by atoms with Crippen molar-refractivity contribution in [3.05, 3.63) is 29.3 Å². The monoisotopic (exact) mass is 288 g/mol. The second kappa shape index (κ2) is 7.41. The highest BCUT2D eigenvalue weighted by atomic mass is 16.2. The number of nitrogens with two attached hydrogens (primary N) is 1. The number of amides is 2. The molecule has 1 aromatic carbocycles. The van der Waals surface area contributed by atoms with E-state index in [1.165, 1.54) is 0 Å². The molecule has 0 saturated carbocycles. The molecule has 0 fully saturated rings. The first-order chi connectivity index (χ1) is 9.85. The Balaban J connectivity index is 2.59. The van der Waals surface area contributed by atoms with Crippen LogP contribution in [0, 0.1) is 24.2 Å². The van der Waals surface area contributed by atoms with Crippen LogP contribution < -0.4 is 16.4 Å². The van der Waals surface area contributed by atoms with E-state index in [0.29, 0.717) is 11.3 Å². The van der Waals surface area contributed by atoms with Gasteiger partial charge in [-0.1, -0.05) is 19.9 Å². The van der Waals surface area contributed by atoms with E-state index >= 15 is 0 Å². The smallest absolute Gasteiger partial charge is 0.243 e. The molecule has 2 amide bonds. The molecule has 1 aromatic rings. The van der Waals surface area contributed by atoms with Gasteiger partial charge in [0.1, 0.15) is 0 Å². The van der Waals surface area contributed by atoms with E-state index in [1.54, 1.807) is 18.2 Å². The maximum Gasteiger partial charge on any atom is 0.243 e. The molecule has 0 radical (unpaired) electrons. The quantitative estimate of drug-likeness (QED) is 0.748. The van der Waals surface area contributed by atoms with E-state index in [1.807, 2.05) is 26.8 Å². The van der Waals surface area contributed by atoms with Gasteiger partial charge in [0.15, 0.2) is 0 Å². The summed E-state index contributed by atoms with van der Waals surface area (Å²) in [5, 5.41) is 14.0. The molecule has 0 aliphatic carbocycles. The average molecular weight is 288 g/mol. The lowest BCUT2D eigenvalue weighted by Gasteiger charge is -2.15. The van der Waals surface area contributed by atoms with Gasteiger partial charge in [-0.25, -0.2) is 0 Å². The molecule has 4 N–H and O–H groups in total. The Morgan fingerprint density at radius 1 is 1.38 bits per heavy atom. The van der Waals surface area contributed by atoms with Crippen molar-refractivity contribution >= 4 is 17.5 Å². The molecule has 0 spiro atoms. The molecule has 0 heterocycles. The third kappa shape index (κ3) is 4.89. The van der Waals surface area contributed by atoms with Crippen molar-refractivity contribution in [3.63, 3.8) is 0 Å². The van der Waals surface area contributed by atoms with E-state index in [-0.39, 0.29) is 24.3 Å². The normalized spacial score (nSPS) is 11.6. The van der Waals surface area contributed by atoms with E-state index in [4.69, 9.17) is 11.0 Å². The van der Waals surface area contributed by atoms with Gasteiger partial charge < -0.3 is 16.4 Å². The second-order valence-corrected chi connectivity index (χ2v) is 5.18. The number of carbonyl (C=O) groups is 2. The number of nitrogens with one attached hydrogen (secondary N) is 2. The van der Waals surface area contributed by atoms with Gasteiger partial charge in [0, 0.05) is 5.69 Å². The minimum Gasteiger partial charge on any atom is -0.346 e. The molecule has 1 atom stereocenters. The van der Waals surface area contributed by atoms with Crippen LogP contribution >= 0.6 is 0 Å². The Morgan fingerprint density at radius 3 is 2.62 bits per heavy atom. The maximum absolute atomic E-state index is 11.8. The van der Waals surface area contributed by atoms with Crippen LogP contribution in [0.4, 0.5) is 5.69 Å². The third-order valence-corrected chi connectivity index (χ3v) is 3.08. The van der Waals surface area contributed by atoms with Crippen molar-refractivity contribution in [2.75, 3.05) is 11.9 Å². The SMILES string of the molecule is Cc1ccc(C#N)cc1NC(=O)CNC(=O)[C@@H](N)C(C)C. The Labute approximate surface area is 124 Å². The Morgan fingerprint density at radius 2 is 2.05 bits per heavy atom. The van der Waals surface area contributed by atoms with Crippen molar-refractivity contribution < 1.29 is 9.59 Å². The highest BCUT2D eigenvalue weighted by molar-refractivity contribution is 5.95. The molecule has 0 aliphatic heterocycles. The first-order valence-corrected chi connectivity index (χ1v) is 6.69. The van der Waals surface area contributed by atoms with Gasteiger partial charge in [0.25, 0.3) is 0 Å². The lowest BCUT2D eigenvalue weighted by molar-refractivity contribution is -0.125. The molecular formula is C15H20N4O2. The lowest BCUT2D eigenvalue weighted by atomic mass is 10.1. The van der Waals surface area contributed by atoms with Crippen LogP contribution in [0.2, 0.25) is 0 Å². The Bertz CT molecular complexity index is 576. The highest BCUT2D eigenvalue weighted by Gasteiger charge is 2.17. The van der Waals surface area contributed by atoms with Crippen LogP contribution in [-0.4, -0.2) is 24.4 Å². The number of hydrogen-bond acceptors (Lipinski definition) is 4. The van der Waals surface area contributed by atoms with Crippen molar-refractivity contribution in [1.82, 2.24) is 5.32 Å². The maximum atomic E-state index is 11.8. The van der Waals surface area contributed by atoms with Gasteiger partial charge in [-0.2, -0.15) is 5.26 Å². The van der Waals surface area contributed by atoms with Gasteiger partial charge in [-0.3, -0.25) is 9.59 Å². The summed E-state index contributed by atoms with van der Waals surface area (Å²) in [6, 6.07) is 6.39. The number of benzene rings is 1. The Hall–Kier alpha value is -2.39. The van der Waals surface area contributed by atoms with Gasteiger partial charge >= 0.3 is 0 Å². The fourth-order valence-corrected chi connectivity index (χ4v) is 1.61. The topological polar surface area (TPSA) is 108 Å². The van der Waals surface area contributed by atoms with Crippen LogP contribution in [0.1, 0.15) is 25.0 Å². The first-order valence-electron chi connectivity index (χ1n) is 6.69. The van der Waals surface area contributed by atoms with Crippen molar-refractivity contribution in [2.45, 2.75) is 26.8 Å². The summed E-state index contributed by atoms with van der Waals surface area (Å²) in [7, 11) is 0. The zero-order valence-corrected chi connectivity index (χ0v) is 12.4. The summed E-state index contributed by atoms with van der Waals surface area (Å²) < 4.78 is 0. The van der Waals surface area contributed by atoms with Gasteiger partial charge in [0.2, 0.25) is 11.8 Å². The van der Waals surface area contributed by atoms with E-state index in [9.17, 15) is 9.59 Å². The fourth-order valence-electron chi connectivity index (χ4n) is 1.61. The van der Waals surface area contributed by atoms with Gasteiger partial charge in [0.05, 0.1) is 24.2 Å². The average Bonchev–Trinajstić information content (AvgIpc) is 2.46. The summed E-state index contributed by atoms with van der Waals surface area (Å²) in [5.74, 6) is -0.720. The van der Waals surface area contributed by atoms with E-state index in [2.05, 4.69) is 10.6 Å². The zero-order valence-electron chi connectivity index (χ0n) is 12.4. The summed E-state index contributed by atoms with van der Waals surface area (Å²) in [5.41, 5.74) is 7.54. The molecule has 1 rings (SSSR count).